The molecule has 17 heavy (non-hydrogen) atoms. The number of hydrogen-bond acceptors (Lipinski definition) is 0. The molecule has 0 aromatic rings. The molecule has 2 unspecified atom stereocenters. The van der Waals surface area contributed by atoms with Crippen molar-refractivity contribution in [3.05, 3.63) is 46.6 Å². The van der Waals surface area contributed by atoms with Crippen LogP contribution in [-0.2, 0) is 0 Å². The summed E-state index contributed by atoms with van der Waals surface area (Å²) in [6.07, 6.45) is 9.79. The van der Waals surface area contributed by atoms with E-state index in [0.29, 0.717) is 0 Å². The van der Waals surface area contributed by atoms with Crippen molar-refractivity contribution in [2.75, 3.05) is 0 Å². The van der Waals surface area contributed by atoms with Gasteiger partial charge in [-0.1, -0.05) is 0 Å². The zero-order chi connectivity index (χ0) is 12.8. The van der Waals surface area contributed by atoms with Gasteiger partial charge < -0.3 is 0 Å². The Morgan fingerprint density at radius 1 is 0.765 bits per heavy atom. The molecular formula is C16H24Ge. The third-order valence-corrected chi connectivity index (χ3v) is 13.7. The second kappa shape index (κ2) is 4.31. The molecule has 0 aromatic heterocycles. The van der Waals surface area contributed by atoms with Crippen LogP contribution in [0.5, 0.6) is 0 Å². The van der Waals surface area contributed by atoms with E-state index in [-0.39, 0.29) is 0 Å². The molecule has 0 bridgehead atoms. The number of hydrogen-bond donors (Lipinski definition) is 0. The molecule has 0 spiro atoms. The molecule has 0 aliphatic heterocycles. The molecule has 2 rings (SSSR count). The van der Waals surface area contributed by atoms with E-state index >= 15 is 0 Å². The normalized spacial score (nSPS) is 28.8. The zero-order valence-corrected chi connectivity index (χ0v) is 14.1. The topological polar surface area (TPSA) is 0 Å². The van der Waals surface area contributed by atoms with Crippen molar-refractivity contribution in [3.8, 4) is 0 Å². The van der Waals surface area contributed by atoms with Gasteiger partial charge in [0.1, 0.15) is 0 Å². The summed E-state index contributed by atoms with van der Waals surface area (Å²) in [5, 5.41) is 0. The summed E-state index contributed by atoms with van der Waals surface area (Å²) in [6, 6.07) is 0. The number of allylic oxidation sites excluding steroid dienone is 8. The van der Waals surface area contributed by atoms with E-state index < -0.39 is 13.3 Å². The fraction of sp³-hybridized carbons (Fsp3) is 0.500. The molecule has 0 saturated heterocycles. The van der Waals surface area contributed by atoms with Crippen molar-refractivity contribution in [1.82, 2.24) is 0 Å². The van der Waals surface area contributed by atoms with Crippen LogP contribution in [0.3, 0.4) is 0 Å². The molecule has 0 nitrogen and oxygen atoms in total. The van der Waals surface area contributed by atoms with Crippen LogP contribution in [0.1, 0.15) is 27.7 Å². The molecule has 2 aliphatic rings. The summed E-state index contributed by atoms with van der Waals surface area (Å²) in [4.78, 5) is 0. The van der Waals surface area contributed by atoms with Crippen molar-refractivity contribution in [2.45, 2.75) is 48.7 Å². The fourth-order valence-corrected chi connectivity index (χ4v) is 12.6. The Balaban J connectivity index is 2.33. The minimum absolute atomic E-state index is 0.769. The quantitative estimate of drug-likeness (QED) is 0.609. The molecular weight excluding hydrogens is 265 g/mol. The predicted octanol–water partition coefficient (Wildman–Crippen LogP) is 5.25. The predicted molar refractivity (Wildman–Crippen MR) is 80.0 cm³/mol. The third kappa shape index (κ3) is 2.24. The first-order valence-electron chi connectivity index (χ1n) is 6.55. The van der Waals surface area contributed by atoms with Gasteiger partial charge in [0.2, 0.25) is 0 Å². The van der Waals surface area contributed by atoms with Gasteiger partial charge in [-0.3, -0.25) is 0 Å². The van der Waals surface area contributed by atoms with Gasteiger partial charge in [-0.2, -0.15) is 0 Å². The SMILES string of the molecule is CC1=C[CH]([Ge]([CH3])([CH3])[CH]2C=C(C)C=C2C)C(C)=C1. The molecule has 0 fully saturated rings. The van der Waals surface area contributed by atoms with Crippen molar-refractivity contribution in [1.29, 1.82) is 0 Å². The van der Waals surface area contributed by atoms with Gasteiger partial charge >= 0.3 is 109 Å². The first-order chi connectivity index (χ1) is 7.82. The molecule has 2 atom stereocenters. The fourth-order valence-electron chi connectivity index (χ4n) is 3.58. The van der Waals surface area contributed by atoms with Gasteiger partial charge in [-0.05, 0) is 0 Å². The average molecular weight is 289 g/mol. The van der Waals surface area contributed by atoms with Crippen LogP contribution >= 0.6 is 0 Å². The van der Waals surface area contributed by atoms with Crippen LogP contribution in [0.4, 0.5) is 0 Å². The van der Waals surface area contributed by atoms with Crippen LogP contribution < -0.4 is 0 Å². The Morgan fingerprint density at radius 2 is 1.12 bits per heavy atom. The molecule has 0 aromatic carbocycles. The van der Waals surface area contributed by atoms with Crippen LogP contribution in [0.2, 0.25) is 21.0 Å². The molecule has 0 heterocycles. The zero-order valence-electron chi connectivity index (χ0n) is 12.0. The monoisotopic (exact) mass is 290 g/mol. The van der Waals surface area contributed by atoms with E-state index in [1.165, 1.54) is 11.1 Å². The van der Waals surface area contributed by atoms with Crippen molar-refractivity contribution in [2.24, 2.45) is 0 Å². The van der Waals surface area contributed by atoms with Crippen LogP contribution in [0, 0.1) is 0 Å². The van der Waals surface area contributed by atoms with E-state index in [1.54, 1.807) is 11.1 Å². The van der Waals surface area contributed by atoms with Gasteiger partial charge in [0, 0.05) is 0 Å². The van der Waals surface area contributed by atoms with Gasteiger partial charge in [0.25, 0.3) is 0 Å². The molecule has 1 heteroatoms. The van der Waals surface area contributed by atoms with Crippen molar-refractivity contribution >= 4 is 13.3 Å². The molecule has 0 saturated carbocycles. The molecule has 92 valence electrons. The van der Waals surface area contributed by atoms with Crippen LogP contribution in [-0.4, -0.2) is 13.3 Å². The Bertz CT molecular complexity index is 416. The first-order valence-corrected chi connectivity index (χ1v) is 13.2. The van der Waals surface area contributed by atoms with Crippen molar-refractivity contribution in [3.63, 3.8) is 0 Å². The first kappa shape index (κ1) is 12.9. The Labute approximate surface area is 109 Å². The molecule has 2 aliphatic carbocycles. The Kier molecular flexibility index (Phi) is 3.28. The Hall–Kier alpha value is -0.497. The standard InChI is InChI=1S/C16H24Ge/c1-11-7-13(3)15(9-11)17(5,6)16-10-12(2)8-14(16)4/h7-10,15-16H,1-6H3. The minimum atomic E-state index is -1.90. The van der Waals surface area contributed by atoms with E-state index in [9.17, 15) is 0 Å². The maximum absolute atomic E-state index is 2.59. The van der Waals surface area contributed by atoms with Gasteiger partial charge in [-0.25, -0.2) is 0 Å². The van der Waals surface area contributed by atoms with E-state index in [1.807, 2.05) is 0 Å². The van der Waals surface area contributed by atoms with E-state index in [0.717, 1.165) is 9.50 Å². The number of rotatable bonds is 2. The van der Waals surface area contributed by atoms with E-state index in [2.05, 4.69) is 63.5 Å². The maximum atomic E-state index is 2.59. The summed E-state index contributed by atoms with van der Waals surface area (Å²) in [5.74, 6) is 5.18. The van der Waals surface area contributed by atoms with Crippen LogP contribution in [0.15, 0.2) is 46.6 Å². The third-order valence-electron chi connectivity index (χ3n) is 4.35. The molecule has 0 radical (unpaired) electrons. The van der Waals surface area contributed by atoms with Crippen LogP contribution in [0.25, 0.3) is 0 Å². The average Bonchev–Trinajstić information content (AvgIpc) is 2.70. The van der Waals surface area contributed by atoms with Crippen molar-refractivity contribution < 1.29 is 0 Å². The summed E-state index contributed by atoms with van der Waals surface area (Å²) < 4.78 is 1.54. The molecule has 0 amide bonds. The van der Waals surface area contributed by atoms with Gasteiger partial charge in [0.05, 0.1) is 0 Å². The second-order valence-electron chi connectivity index (χ2n) is 6.37. The molecule has 0 N–H and O–H groups in total. The summed E-state index contributed by atoms with van der Waals surface area (Å²) >= 11 is -1.90. The second-order valence-corrected chi connectivity index (χ2v) is 16.6. The van der Waals surface area contributed by atoms with Gasteiger partial charge in [0.15, 0.2) is 0 Å². The van der Waals surface area contributed by atoms with E-state index in [4.69, 9.17) is 0 Å². The summed E-state index contributed by atoms with van der Waals surface area (Å²) in [7, 11) is 0. The van der Waals surface area contributed by atoms with Gasteiger partial charge in [-0.15, -0.1) is 0 Å². The Morgan fingerprint density at radius 3 is 1.35 bits per heavy atom. The summed E-state index contributed by atoms with van der Waals surface area (Å²) in [5.41, 5.74) is 6.12. The summed E-state index contributed by atoms with van der Waals surface area (Å²) in [6.45, 7) is 9.10.